The second-order valence-electron chi connectivity index (χ2n) is 5.89. The monoisotopic (exact) mass is 318 g/mol. The molecule has 0 radical (unpaired) electrons. The van der Waals surface area contributed by atoms with E-state index in [0.29, 0.717) is 6.42 Å². The molecule has 0 unspecified atom stereocenters. The highest BCUT2D eigenvalue weighted by molar-refractivity contribution is 6.00. The average Bonchev–Trinajstić information content (AvgIpc) is 2.58. The van der Waals surface area contributed by atoms with Gasteiger partial charge in [-0.1, -0.05) is 42.5 Å². The Balaban J connectivity index is 2.24. The van der Waals surface area contributed by atoms with Crippen LogP contribution in [0.4, 0.5) is 0 Å². The van der Waals surface area contributed by atoms with Crippen LogP contribution in [0.1, 0.15) is 24.8 Å². The summed E-state index contributed by atoms with van der Waals surface area (Å²) in [5.74, 6) is -1.42. The predicted octanol–water partition coefficient (Wildman–Crippen LogP) is 2.19. The first-order chi connectivity index (χ1) is 11.0. The highest BCUT2D eigenvalue weighted by Crippen LogP contribution is 2.42. The van der Waals surface area contributed by atoms with E-state index in [2.05, 4.69) is 0 Å². The van der Waals surface area contributed by atoms with Crippen molar-refractivity contribution < 1.29 is 24.2 Å². The lowest BCUT2D eigenvalue weighted by Gasteiger charge is -2.37. The van der Waals surface area contributed by atoms with Crippen molar-refractivity contribution in [2.75, 3.05) is 14.2 Å². The molecule has 0 amide bonds. The van der Waals surface area contributed by atoms with Crippen LogP contribution in [-0.2, 0) is 19.1 Å². The Morgan fingerprint density at radius 3 is 2.30 bits per heavy atom. The van der Waals surface area contributed by atoms with E-state index in [9.17, 15) is 14.7 Å². The van der Waals surface area contributed by atoms with Gasteiger partial charge in [-0.05, 0) is 24.3 Å². The molecule has 5 nitrogen and oxygen atoms in total. The average molecular weight is 318 g/mol. The highest BCUT2D eigenvalue weighted by atomic mass is 16.5. The van der Waals surface area contributed by atoms with Gasteiger partial charge in [0, 0.05) is 6.42 Å². The molecule has 0 spiro atoms. The number of rotatable bonds is 4. The van der Waals surface area contributed by atoms with Crippen LogP contribution in [0.3, 0.4) is 0 Å². The first-order valence-corrected chi connectivity index (χ1v) is 7.60. The van der Waals surface area contributed by atoms with Gasteiger partial charge in [0.25, 0.3) is 0 Å². The van der Waals surface area contributed by atoms with E-state index in [1.807, 2.05) is 42.5 Å². The lowest BCUT2D eigenvalue weighted by molar-refractivity contribution is -0.176. The Labute approximate surface area is 135 Å². The molecule has 0 aliphatic heterocycles. The Kier molecular flexibility index (Phi) is 5.55. The van der Waals surface area contributed by atoms with Gasteiger partial charge in [0.05, 0.1) is 20.3 Å². The lowest BCUT2D eigenvalue weighted by Crippen LogP contribution is -2.48. The number of esters is 2. The summed E-state index contributed by atoms with van der Waals surface area (Å²) in [7, 11) is 2.48. The van der Waals surface area contributed by atoms with Crippen molar-refractivity contribution in [2.24, 2.45) is 11.3 Å². The molecule has 1 aliphatic carbocycles. The number of carbonyl (C=O) groups is 2. The number of methoxy groups -OCH3 is 2. The Morgan fingerprint density at radius 1 is 1.13 bits per heavy atom. The zero-order chi connectivity index (χ0) is 16.9. The molecule has 23 heavy (non-hydrogen) atoms. The summed E-state index contributed by atoms with van der Waals surface area (Å²) in [6.45, 7) is 0. The van der Waals surface area contributed by atoms with E-state index in [1.165, 1.54) is 14.2 Å². The Bertz CT molecular complexity index is 562. The molecule has 1 saturated carbocycles. The van der Waals surface area contributed by atoms with Crippen LogP contribution in [0, 0.1) is 11.3 Å². The third-order valence-corrected chi connectivity index (χ3v) is 4.28. The summed E-state index contributed by atoms with van der Waals surface area (Å²) in [6, 6.07) is 9.72. The minimum absolute atomic E-state index is 0.0298. The van der Waals surface area contributed by atoms with Gasteiger partial charge in [0.1, 0.15) is 0 Å². The number of aliphatic hydroxyl groups is 1. The van der Waals surface area contributed by atoms with Gasteiger partial charge in [0.15, 0.2) is 5.41 Å². The van der Waals surface area contributed by atoms with Crippen molar-refractivity contribution in [3.63, 3.8) is 0 Å². The zero-order valence-corrected chi connectivity index (χ0v) is 13.4. The van der Waals surface area contributed by atoms with Crippen LogP contribution in [0.5, 0.6) is 0 Å². The second kappa shape index (κ2) is 7.42. The van der Waals surface area contributed by atoms with Gasteiger partial charge < -0.3 is 14.6 Å². The molecule has 1 aliphatic rings. The van der Waals surface area contributed by atoms with Crippen LogP contribution in [0.2, 0.25) is 0 Å². The number of ether oxygens (including phenoxy) is 2. The first-order valence-electron chi connectivity index (χ1n) is 7.60. The van der Waals surface area contributed by atoms with E-state index in [1.54, 1.807) is 0 Å². The quantitative estimate of drug-likeness (QED) is 0.680. The van der Waals surface area contributed by atoms with Crippen molar-refractivity contribution in [1.82, 2.24) is 0 Å². The van der Waals surface area contributed by atoms with Crippen molar-refractivity contribution >= 4 is 18.0 Å². The topological polar surface area (TPSA) is 72.8 Å². The summed E-state index contributed by atoms with van der Waals surface area (Å²) < 4.78 is 9.60. The van der Waals surface area contributed by atoms with Gasteiger partial charge in [-0.25, -0.2) is 0 Å². The molecule has 0 aromatic heterocycles. The molecule has 2 atom stereocenters. The fraction of sp³-hybridized carbons (Fsp3) is 0.444. The minimum Gasteiger partial charge on any atom is -0.468 e. The third-order valence-electron chi connectivity index (χ3n) is 4.28. The lowest BCUT2D eigenvalue weighted by atomic mass is 9.68. The molecule has 1 fully saturated rings. The van der Waals surface area contributed by atoms with E-state index in [0.717, 1.165) is 5.56 Å². The van der Waals surface area contributed by atoms with E-state index in [-0.39, 0.29) is 18.8 Å². The molecular formula is C18H22O5. The standard InChI is InChI=1S/C18H22O5/c1-22-16(20)18(17(21)23-2)11-14(10-15(19)12-18)9-8-13-6-4-3-5-7-13/h3-9,14-15,19H,10-12H2,1-2H3/b9-8+/t14-,15-/m0/s1. The van der Waals surface area contributed by atoms with Crippen LogP contribution in [0.15, 0.2) is 36.4 Å². The Hall–Kier alpha value is -2.14. The maximum absolute atomic E-state index is 12.2. The van der Waals surface area contributed by atoms with Crippen LogP contribution in [-0.4, -0.2) is 37.4 Å². The van der Waals surface area contributed by atoms with Gasteiger partial charge in [-0.2, -0.15) is 0 Å². The van der Waals surface area contributed by atoms with Crippen LogP contribution in [0.25, 0.3) is 6.08 Å². The fourth-order valence-electron chi connectivity index (χ4n) is 3.21. The maximum atomic E-state index is 12.2. The van der Waals surface area contributed by atoms with Gasteiger partial charge >= 0.3 is 11.9 Å². The second-order valence-corrected chi connectivity index (χ2v) is 5.89. The minimum atomic E-state index is -1.44. The molecule has 0 bridgehead atoms. The van der Waals surface area contributed by atoms with Crippen LogP contribution < -0.4 is 0 Å². The number of aliphatic hydroxyl groups excluding tert-OH is 1. The largest absolute Gasteiger partial charge is 0.468 e. The zero-order valence-electron chi connectivity index (χ0n) is 13.4. The fourth-order valence-corrected chi connectivity index (χ4v) is 3.21. The van der Waals surface area contributed by atoms with Crippen molar-refractivity contribution in [3.8, 4) is 0 Å². The number of carbonyl (C=O) groups excluding carboxylic acids is 2. The molecule has 1 aromatic carbocycles. The van der Waals surface area contributed by atoms with E-state index in [4.69, 9.17) is 9.47 Å². The molecule has 2 rings (SSSR count). The predicted molar refractivity (Wildman–Crippen MR) is 85.3 cm³/mol. The molecule has 124 valence electrons. The summed E-state index contributed by atoms with van der Waals surface area (Å²) in [5.41, 5.74) is -0.415. The summed E-state index contributed by atoms with van der Waals surface area (Å²) in [4.78, 5) is 24.4. The molecular weight excluding hydrogens is 296 g/mol. The number of allylic oxidation sites excluding steroid dienone is 1. The molecule has 0 heterocycles. The summed E-state index contributed by atoms with van der Waals surface area (Å²) in [6.07, 6.45) is 3.90. The number of hydrogen-bond acceptors (Lipinski definition) is 5. The van der Waals surface area contributed by atoms with Gasteiger partial charge in [0.2, 0.25) is 0 Å². The van der Waals surface area contributed by atoms with E-state index < -0.39 is 23.5 Å². The van der Waals surface area contributed by atoms with Gasteiger partial charge in [-0.15, -0.1) is 0 Å². The normalized spacial score (nSPS) is 23.4. The molecule has 1 aromatic rings. The third kappa shape index (κ3) is 3.79. The maximum Gasteiger partial charge on any atom is 0.323 e. The van der Waals surface area contributed by atoms with Crippen LogP contribution >= 0.6 is 0 Å². The van der Waals surface area contributed by atoms with Crippen molar-refractivity contribution in [1.29, 1.82) is 0 Å². The van der Waals surface area contributed by atoms with Crippen molar-refractivity contribution in [2.45, 2.75) is 25.4 Å². The summed E-state index contributed by atoms with van der Waals surface area (Å²) in [5, 5.41) is 10.2. The molecule has 0 saturated heterocycles. The Morgan fingerprint density at radius 2 is 1.74 bits per heavy atom. The van der Waals surface area contributed by atoms with Crippen molar-refractivity contribution in [3.05, 3.63) is 42.0 Å². The number of hydrogen-bond donors (Lipinski definition) is 1. The number of benzene rings is 1. The van der Waals surface area contributed by atoms with E-state index >= 15 is 0 Å². The smallest absolute Gasteiger partial charge is 0.323 e. The molecule has 5 heteroatoms. The summed E-state index contributed by atoms with van der Waals surface area (Å²) >= 11 is 0. The SMILES string of the molecule is COC(=O)C1(C(=O)OC)C[C@@H](O)C[C@H](/C=C/c2ccccc2)C1. The molecule has 1 N–H and O–H groups in total. The van der Waals surface area contributed by atoms with Gasteiger partial charge in [-0.3, -0.25) is 9.59 Å². The highest BCUT2D eigenvalue weighted by Gasteiger charge is 2.53. The first kappa shape index (κ1) is 17.2.